The van der Waals surface area contributed by atoms with Gasteiger partial charge in [0.05, 0.1) is 5.41 Å². The Kier molecular flexibility index (Phi) is 8.35. The molecule has 9 aromatic carbocycles. The number of hydrogen-bond acceptors (Lipinski definition) is 1. The third-order valence-corrected chi connectivity index (χ3v) is 14.7. The average Bonchev–Trinajstić information content (AvgIpc) is 3.87. The van der Waals surface area contributed by atoms with Crippen molar-refractivity contribution in [3.8, 4) is 55.6 Å². The van der Waals surface area contributed by atoms with Crippen LogP contribution in [0.15, 0.2) is 200 Å². The van der Waals surface area contributed by atoms with Gasteiger partial charge in [0.1, 0.15) is 0 Å². The van der Waals surface area contributed by atoms with Gasteiger partial charge < -0.3 is 4.90 Å². The van der Waals surface area contributed by atoms with Crippen molar-refractivity contribution < 1.29 is 0 Å². The van der Waals surface area contributed by atoms with Gasteiger partial charge in [-0.05, 0) is 143 Å². The summed E-state index contributed by atoms with van der Waals surface area (Å²) in [7, 11) is 0. The third kappa shape index (κ3) is 5.50. The van der Waals surface area contributed by atoms with Crippen molar-refractivity contribution in [1.29, 1.82) is 0 Å². The fourth-order valence-electron chi connectivity index (χ4n) is 11.6. The number of fused-ring (bicyclic) bond motifs is 13. The highest BCUT2D eigenvalue weighted by Gasteiger charge is 2.53. The number of hydrogen-bond donors (Lipinski definition) is 0. The molecule has 3 aliphatic rings. The second-order valence-corrected chi connectivity index (χ2v) is 19.8. The number of benzene rings is 9. The van der Waals surface area contributed by atoms with Crippen molar-refractivity contribution in [1.82, 2.24) is 0 Å². The molecule has 0 radical (unpaired) electrons. The van der Waals surface area contributed by atoms with Crippen molar-refractivity contribution in [2.24, 2.45) is 0 Å². The summed E-state index contributed by atoms with van der Waals surface area (Å²) in [6, 6.07) is 75.8. The van der Waals surface area contributed by atoms with Crippen molar-refractivity contribution in [3.63, 3.8) is 0 Å². The smallest absolute Gasteiger partial charge is 0.0731 e. The van der Waals surface area contributed by atoms with Crippen molar-refractivity contribution in [3.05, 3.63) is 245 Å². The normalized spacial score (nSPS) is 15.8. The van der Waals surface area contributed by atoms with Crippen LogP contribution in [0, 0.1) is 6.92 Å². The van der Waals surface area contributed by atoms with Crippen LogP contribution in [0.5, 0.6) is 0 Å². The van der Waals surface area contributed by atoms with E-state index in [1.54, 1.807) is 0 Å². The summed E-state index contributed by atoms with van der Waals surface area (Å²) in [4.78, 5) is 2.47. The molecule has 64 heavy (non-hydrogen) atoms. The van der Waals surface area contributed by atoms with Crippen LogP contribution in [0.25, 0.3) is 55.6 Å². The van der Waals surface area contributed by atoms with Crippen molar-refractivity contribution in [2.75, 3.05) is 4.90 Å². The topological polar surface area (TPSA) is 3.24 Å². The highest BCUT2D eigenvalue weighted by molar-refractivity contribution is 5.99. The van der Waals surface area contributed by atoms with Gasteiger partial charge in [-0.3, -0.25) is 0 Å². The maximum Gasteiger partial charge on any atom is 0.0731 e. The van der Waals surface area contributed by atoms with E-state index >= 15 is 0 Å². The van der Waals surface area contributed by atoms with E-state index in [1.807, 2.05) is 0 Å². The predicted octanol–water partition coefficient (Wildman–Crippen LogP) is 16.7. The zero-order valence-corrected chi connectivity index (χ0v) is 37.5. The molecule has 0 N–H and O–H groups in total. The van der Waals surface area contributed by atoms with Gasteiger partial charge in [-0.15, -0.1) is 0 Å². The molecule has 0 heterocycles. The first-order valence-corrected chi connectivity index (χ1v) is 22.8. The monoisotopic (exact) mass is 821 g/mol. The number of anilines is 3. The van der Waals surface area contributed by atoms with Crippen LogP contribution in [-0.2, 0) is 16.2 Å². The van der Waals surface area contributed by atoms with Crippen LogP contribution in [0.4, 0.5) is 17.1 Å². The van der Waals surface area contributed by atoms with Gasteiger partial charge in [-0.1, -0.05) is 204 Å². The SMILES string of the molecule is Cc1ccc2c(c1)-c1ccccc1C21c2ccc(C(C)(C)C)cc2-c2cccc(-c3cccc(N(c4cccc(-c5ccccc5)c4)c4ccc5c(c4)C(C)(C)c4ccccc4-5)c3)c21. The molecule has 0 bridgehead atoms. The summed E-state index contributed by atoms with van der Waals surface area (Å²) in [6.45, 7) is 13.9. The molecule has 1 unspecified atom stereocenters. The van der Waals surface area contributed by atoms with Gasteiger partial charge >= 0.3 is 0 Å². The maximum absolute atomic E-state index is 2.49. The zero-order chi connectivity index (χ0) is 43.5. The van der Waals surface area contributed by atoms with E-state index in [4.69, 9.17) is 0 Å². The molecule has 12 rings (SSSR count). The van der Waals surface area contributed by atoms with Gasteiger partial charge in [0.15, 0.2) is 0 Å². The molecule has 3 aliphatic carbocycles. The molecule has 0 aromatic heterocycles. The first-order valence-electron chi connectivity index (χ1n) is 22.8. The Balaban J connectivity index is 1.10. The fourth-order valence-corrected chi connectivity index (χ4v) is 11.6. The molecule has 0 saturated heterocycles. The van der Waals surface area contributed by atoms with E-state index in [0.717, 1.165) is 17.1 Å². The van der Waals surface area contributed by atoms with E-state index in [0.29, 0.717) is 0 Å². The summed E-state index contributed by atoms with van der Waals surface area (Å²) in [5.74, 6) is 0. The summed E-state index contributed by atoms with van der Waals surface area (Å²) < 4.78 is 0. The van der Waals surface area contributed by atoms with Crippen LogP contribution >= 0.6 is 0 Å². The van der Waals surface area contributed by atoms with Gasteiger partial charge in [0.25, 0.3) is 0 Å². The summed E-state index contributed by atoms with van der Waals surface area (Å²) in [5.41, 5.74) is 26.5. The second-order valence-electron chi connectivity index (χ2n) is 19.8. The molecule has 308 valence electrons. The van der Waals surface area contributed by atoms with E-state index in [-0.39, 0.29) is 10.8 Å². The van der Waals surface area contributed by atoms with Crippen molar-refractivity contribution in [2.45, 2.75) is 57.8 Å². The largest absolute Gasteiger partial charge is 0.310 e. The quantitative estimate of drug-likeness (QED) is 0.167. The molecule has 1 spiro atoms. The number of rotatable bonds is 5. The van der Waals surface area contributed by atoms with Crippen LogP contribution in [0.3, 0.4) is 0 Å². The van der Waals surface area contributed by atoms with E-state index in [2.05, 4.69) is 247 Å². The Hall–Kier alpha value is -7.22. The Bertz CT molecular complexity index is 3360. The van der Waals surface area contributed by atoms with Gasteiger partial charge in [-0.25, -0.2) is 0 Å². The predicted molar refractivity (Wildman–Crippen MR) is 269 cm³/mol. The van der Waals surface area contributed by atoms with E-state index < -0.39 is 5.41 Å². The lowest BCUT2D eigenvalue weighted by molar-refractivity contribution is 0.590. The van der Waals surface area contributed by atoms with Crippen molar-refractivity contribution >= 4 is 17.1 Å². The Labute approximate surface area is 378 Å². The minimum Gasteiger partial charge on any atom is -0.310 e. The Morgan fingerprint density at radius 3 is 1.64 bits per heavy atom. The summed E-state index contributed by atoms with van der Waals surface area (Å²) >= 11 is 0. The number of aryl methyl sites for hydroxylation is 1. The molecular formula is C63H51N. The maximum atomic E-state index is 2.49. The van der Waals surface area contributed by atoms with E-state index in [9.17, 15) is 0 Å². The molecule has 0 amide bonds. The lowest BCUT2D eigenvalue weighted by atomic mass is 9.68. The molecule has 1 heteroatoms. The van der Waals surface area contributed by atoms with Crippen LogP contribution in [0.1, 0.15) is 79.1 Å². The third-order valence-electron chi connectivity index (χ3n) is 14.7. The molecular weight excluding hydrogens is 771 g/mol. The molecule has 0 aliphatic heterocycles. The fraction of sp³-hybridized carbons (Fsp3) is 0.143. The summed E-state index contributed by atoms with van der Waals surface area (Å²) in [6.07, 6.45) is 0. The lowest BCUT2D eigenvalue weighted by Gasteiger charge is -2.33. The Morgan fingerprint density at radius 1 is 0.359 bits per heavy atom. The average molecular weight is 822 g/mol. The molecule has 1 atom stereocenters. The Morgan fingerprint density at radius 2 is 0.891 bits per heavy atom. The summed E-state index contributed by atoms with van der Waals surface area (Å²) in [5, 5.41) is 0. The minimum absolute atomic E-state index is 0.0102. The molecule has 0 fully saturated rings. The lowest BCUT2D eigenvalue weighted by Crippen LogP contribution is -2.27. The number of nitrogens with zero attached hydrogens (tertiary/aromatic N) is 1. The first kappa shape index (κ1) is 38.5. The molecule has 1 nitrogen and oxygen atoms in total. The van der Waals surface area contributed by atoms with E-state index in [1.165, 1.54) is 100 Å². The standard InChI is InChI=1S/C63H51N/c1-40-29-33-57-53(35-40)50-24-11-13-28-56(50)63(57)58-34-30-44(61(2,3)4)38-54(58)52-26-16-25-48(60(52)63)43-20-15-22-46(37-43)64(45-21-14-19-42(36-45)41-17-8-7-9-18-41)47-31-32-51-49-23-10-12-27-55(49)62(5,6)59(51)39-47/h7-39H,1-6H3. The van der Waals surface area contributed by atoms with Crippen LogP contribution in [-0.4, -0.2) is 0 Å². The first-order chi connectivity index (χ1) is 31.0. The molecule has 0 saturated carbocycles. The van der Waals surface area contributed by atoms with Gasteiger partial charge in [0, 0.05) is 22.5 Å². The van der Waals surface area contributed by atoms with Gasteiger partial charge in [-0.2, -0.15) is 0 Å². The highest BCUT2D eigenvalue weighted by Crippen LogP contribution is 2.65. The van der Waals surface area contributed by atoms with Gasteiger partial charge in [0.2, 0.25) is 0 Å². The van der Waals surface area contributed by atoms with Crippen LogP contribution < -0.4 is 4.90 Å². The zero-order valence-electron chi connectivity index (χ0n) is 37.5. The molecule has 9 aromatic rings. The highest BCUT2D eigenvalue weighted by atomic mass is 15.1. The second kappa shape index (κ2) is 13.9. The minimum atomic E-state index is -0.475. The van der Waals surface area contributed by atoms with Crippen LogP contribution in [0.2, 0.25) is 0 Å².